The Morgan fingerprint density at radius 1 is 1.20 bits per heavy atom. The van der Waals surface area contributed by atoms with E-state index in [1.165, 1.54) is 17.5 Å². The second-order valence-electron chi connectivity index (χ2n) is 7.86. The van der Waals surface area contributed by atoms with Gasteiger partial charge in [0, 0.05) is 17.2 Å². The summed E-state index contributed by atoms with van der Waals surface area (Å²) in [5.41, 5.74) is 3.40. The number of halogens is 1. The van der Waals surface area contributed by atoms with Gasteiger partial charge in [-0.3, -0.25) is 4.21 Å². The molecule has 2 fully saturated rings. The summed E-state index contributed by atoms with van der Waals surface area (Å²) < 4.78 is 15.6. The SMILES string of the molecule is CS(=O)c1cc(NSc2cc(C(=O)O)ccc2C2CC2)c(C2CCCCN2)cc1Cl. The topological polar surface area (TPSA) is 78.4 Å². The molecule has 3 N–H and O–H groups in total. The van der Waals surface area contributed by atoms with Gasteiger partial charge < -0.3 is 15.1 Å². The first-order valence-electron chi connectivity index (χ1n) is 10.1. The molecule has 2 aliphatic rings. The zero-order valence-corrected chi connectivity index (χ0v) is 19.1. The zero-order chi connectivity index (χ0) is 21.3. The standard InChI is InChI=1S/C22H25ClN2O3S2/c1-30(28)21-12-19(16(11-17(21)23)18-4-2-3-9-24-18)25-29-20-10-14(22(26)27)7-8-15(20)13-5-6-13/h7-8,10-13,18,24-25H,2-6,9H2,1H3,(H,26,27). The van der Waals surface area contributed by atoms with Crippen LogP contribution in [0.4, 0.5) is 5.69 Å². The molecule has 2 atom stereocenters. The fraction of sp³-hybridized carbons (Fsp3) is 0.409. The van der Waals surface area contributed by atoms with E-state index in [2.05, 4.69) is 10.0 Å². The smallest absolute Gasteiger partial charge is 0.335 e. The summed E-state index contributed by atoms with van der Waals surface area (Å²) in [4.78, 5) is 13.0. The lowest BCUT2D eigenvalue weighted by molar-refractivity contribution is 0.0696. The van der Waals surface area contributed by atoms with E-state index in [4.69, 9.17) is 11.6 Å². The Balaban J connectivity index is 1.66. The number of aromatic carboxylic acids is 1. The summed E-state index contributed by atoms with van der Waals surface area (Å²) in [6, 6.07) is 9.32. The molecule has 5 nitrogen and oxygen atoms in total. The Labute approximate surface area is 188 Å². The molecule has 30 heavy (non-hydrogen) atoms. The number of carboxylic acids is 1. The maximum Gasteiger partial charge on any atom is 0.335 e. The van der Waals surface area contributed by atoms with Crippen molar-refractivity contribution in [3.63, 3.8) is 0 Å². The number of anilines is 1. The molecule has 1 saturated carbocycles. The van der Waals surface area contributed by atoms with E-state index in [1.807, 2.05) is 18.2 Å². The molecule has 0 amide bonds. The number of benzene rings is 2. The summed E-state index contributed by atoms with van der Waals surface area (Å²) in [5, 5.41) is 13.5. The Hall–Kier alpha value is -1.54. The van der Waals surface area contributed by atoms with E-state index >= 15 is 0 Å². The van der Waals surface area contributed by atoms with Gasteiger partial charge in [0.05, 0.1) is 32.0 Å². The highest BCUT2D eigenvalue weighted by atomic mass is 35.5. The number of nitrogens with one attached hydrogen (secondary N) is 2. The first-order valence-corrected chi connectivity index (χ1v) is 12.9. The molecule has 8 heteroatoms. The number of rotatable bonds is 7. The third-order valence-electron chi connectivity index (χ3n) is 5.65. The second-order valence-corrected chi connectivity index (χ2v) is 10.5. The molecule has 0 bridgehead atoms. The molecule has 2 aromatic carbocycles. The predicted octanol–water partition coefficient (Wildman–Crippen LogP) is 5.59. The molecule has 2 aromatic rings. The minimum Gasteiger partial charge on any atom is -0.478 e. The number of hydrogen-bond donors (Lipinski definition) is 3. The minimum absolute atomic E-state index is 0.187. The van der Waals surface area contributed by atoms with Crippen LogP contribution in [0, 0.1) is 0 Å². The van der Waals surface area contributed by atoms with Crippen LogP contribution in [0.1, 0.15) is 65.5 Å². The Morgan fingerprint density at radius 2 is 2.00 bits per heavy atom. The first-order chi connectivity index (χ1) is 14.4. The fourth-order valence-electron chi connectivity index (χ4n) is 3.88. The normalized spacial score (nSPS) is 20.0. The van der Waals surface area contributed by atoms with Crippen molar-refractivity contribution in [3.05, 3.63) is 52.0 Å². The Bertz CT molecular complexity index is 989. The lowest BCUT2D eigenvalue weighted by Crippen LogP contribution is -2.27. The highest BCUT2D eigenvalue weighted by Gasteiger charge is 2.27. The quantitative estimate of drug-likeness (QED) is 0.464. The van der Waals surface area contributed by atoms with E-state index in [9.17, 15) is 14.1 Å². The molecule has 1 saturated heterocycles. The second kappa shape index (κ2) is 9.30. The average molecular weight is 465 g/mol. The summed E-state index contributed by atoms with van der Waals surface area (Å²) in [5.74, 6) is -0.429. The fourth-order valence-corrected chi connectivity index (χ4v) is 5.93. The molecule has 1 aliphatic heterocycles. The van der Waals surface area contributed by atoms with Crippen molar-refractivity contribution in [2.75, 3.05) is 17.5 Å². The zero-order valence-electron chi connectivity index (χ0n) is 16.7. The summed E-state index contributed by atoms with van der Waals surface area (Å²) in [6.07, 6.45) is 7.22. The Morgan fingerprint density at radius 3 is 2.63 bits per heavy atom. The van der Waals surface area contributed by atoms with Gasteiger partial charge in [-0.15, -0.1) is 0 Å². The molecule has 4 rings (SSSR count). The van der Waals surface area contributed by atoms with Gasteiger partial charge in [0.25, 0.3) is 0 Å². The third kappa shape index (κ3) is 4.85. The van der Waals surface area contributed by atoms with Crippen LogP contribution in [0.15, 0.2) is 40.1 Å². The minimum atomic E-state index is -1.20. The number of carboxylic acid groups (broad SMARTS) is 1. The van der Waals surface area contributed by atoms with Crippen LogP contribution in [-0.4, -0.2) is 28.1 Å². The molecular formula is C22H25ClN2O3S2. The van der Waals surface area contributed by atoms with E-state index in [0.29, 0.717) is 15.8 Å². The van der Waals surface area contributed by atoms with Crippen LogP contribution in [0.5, 0.6) is 0 Å². The van der Waals surface area contributed by atoms with Gasteiger partial charge in [-0.2, -0.15) is 0 Å². The van der Waals surface area contributed by atoms with Crippen LogP contribution in [0.2, 0.25) is 5.02 Å². The highest BCUT2D eigenvalue weighted by molar-refractivity contribution is 8.00. The van der Waals surface area contributed by atoms with Gasteiger partial charge in [-0.25, -0.2) is 4.79 Å². The van der Waals surface area contributed by atoms with E-state index in [0.717, 1.165) is 54.8 Å². The van der Waals surface area contributed by atoms with Crippen LogP contribution >= 0.6 is 23.5 Å². The average Bonchev–Trinajstić information content (AvgIpc) is 3.58. The van der Waals surface area contributed by atoms with Crippen molar-refractivity contribution in [2.45, 2.75) is 53.9 Å². The number of piperidine rings is 1. The lowest BCUT2D eigenvalue weighted by Gasteiger charge is -2.27. The van der Waals surface area contributed by atoms with Crippen LogP contribution in [0.3, 0.4) is 0 Å². The molecule has 1 heterocycles. The van der Waals surface area contributed by atoms with Gasteiger partial charge in [0.1, 0.15) is 0 Å². The van der Waals surface area contributed by atoms with Crippen molar-refractivity contribution in [1.29, 1.82) is 0 Å². The van der Waals surface area contributed by atoms with Gasteiger partial charge in [-0.1, -0.05) is 24.1 Å². The van der Waals surface area contributed by atoms with Gasteiger partial charge in [0.15, 0.2) is 0 Å². The van der Waals surface area contributed by atoms with Gasteiger partial charge >= 0.3 is 5.97 Å². The van der Waals surface area contributed by atoms with Crippen LogP contribution in [-0.2, 0) is 10.8 Å². The van der Waals surface area contributed by atoms with Crippen LogP contribution < -0.4 is 10.0 Å². The molecule has 160 valence electrons. The van der Waals surface area contributed by atoms with Crippen molar-refractivity contribution in [3.8, 4) is 0 Å². The molecule has 0 spiro atoms. The third-order valence-corrected chi connectivity index (χ3v) is 7.93. The van der Waals surface area contributed by atoms with Crippen LogP contribution in [0.25, 0.3) is 0 Å². The highest BCUT2D eigenvalue weighted by Crippen LogP contribution is 2.45. The number of hydrogen-bond acceptors (Lipinski definition) is 5. The summed E-state index contributed by atoms with van der Waals surface area (Å²) in [7, 11) is -1.20. The predicted molar refractivity (Wildman–Crippen MR) is 123 cm³/mol. The molecular weight excluding hydrogens is 440 g/mol. The lowest BCUT2D eigenvalue weighted by atomic mass is 9.96. The number of carbonyl (C=O) groups is 1. The van der Waals surface area contributed by atoms with Crippen molar-refractivity contribution < 1.29 is 14.1 Å². The molecule has 2 unspecified atom stereocenters. The summed E-state index contributed by atoms with van der Waals surface area (Å²) in [6.45, 7) is 0.961. The largest absolute Gasteiger partial charge is 0.478 e. The maximum absolute atomic E-state index is 12.2. The first kappa shape index (κ1) is 21.7. The van der Waals surface area contributed by atoms with Crippen molar-refractivity contribution in [2.24, 2.45) is 0 Å². The van der Waals surface area contributed by atoms with E-state index < -0.39 is 16.8 Å². The van der Waals surface area contributed by atoms with Gasteiger partial charge in [-0.05, 0) is 85.5 Å². The molecule has 0 aromatic heterocycles. The van der Waals surface area contributed by atoms with Crippen molar-refractivity contribution in [1.82, 2.24) is 5.32 Å². The monoisotopic (exact) mass is 464 g/mol. The van der Waals surface area contributed by atoms with E-state index in [1.54, 1.807) is 18.4 Å². The molecule has 1 aliphatic carbocycles. The Kier molecular flexibility index (Phi) is 6.72. The van der Waals surface area contributed by atoms with Crippen molar-refractivity contribution >= 4 is 46.0 Å². The summed E-state index contributed by atoms with van der Waals surface area (Å²) >= 11 is 7.86. The maximum atomic E-state index is 12.2. The van der Waals surface area contributed by atoms with Gasteiger partial charge in [0.2, 0.25) is 0 Å². The van der Waals surface area contributed by atoms with E-state index in [-0.39, 0.29) is 11.6 Å². The molecule has 0 radical (unpaired) electrons.